The number of benzene rings is 1. The highest BCUT2D eigenvalue weighted by Gasteiger charge is 2.01. The number of rotatable bonds is 6. The number of hydrogen-bond donors (Lipinski definition) is 2. The summed E-state index contributed by atoms with van der Waals surface area (Å²) in [5, 5.41) is 13.1. The second-order valence-electron chi connectivity index (χ2n) is 3.68. The summed E-state index contributed by atoms with van der Waals surface area (Å²) in [6.45, 7) is 2.05. The van der Waals surface area contributed by atoms with Crippen molar-refractivity contribution in [2.24, 2.45) is 0 Å². The first-order valence-electron chi connectivity index (χ1n) is 5.56. The van der Waals surface area contributed by atoms with Gasteiger partial charge in [-0.1, -0.05) is 12.1 Å². The lowest BCUT2D eigenvalue weighted by Gasteiger charge is -2.00. The molecule has 16 heavy (non-hydrogen) atoms. The Balaban J connectivity index is 1.85. The summed E-state index contributed by atoms with van der Waals surface area (Å²) in [7, 11) is 0. The van der Waals surface area contributed by atoms with Crippen LogP contribution in [-0.2, 0) is 6.54 Å². The van der Waals surface area contributed by atoms with Crippen LogP contribution in [0.15, 0.2) is 24.3 Å². The molecule has 2 N–H and O–H groups in total. The molecule has 0 aliphatic carbocycles. The van der Waals surface area contributed by atoms with Crippen molar-refractivity contribution in [3.8, 4) is 0 Å². The van der Waals surface area contributed by atoms with Crippen LogP contribution in [0.1, 0.15) is 17.8 Å². The molecule has 0 spiro atoms. The van der Waals surface area contributed by atoms with Crippen molar-refractivity contribution in [1.29, 1.82) is 0 Å². The van der Waals surface area contributed by atoms with Crippen molar-refractivity contribution in [2.45, 2.75) is 19.4 Å². The third kappa shape index (κ3) is 3.01. The number of fused-ring (bicyclic) bond motifs is 1. The number of thiazole rings is 1. The van der Waals surface area contributed by atoms with Crippen LogP contribution in [0, 0.1) is 0 Å². The second kappa shape index (κ2) is 5.94. The van der Waals surface area contributed by atoms with Gasteiger partial charge in [0.25, 0.3) is 0 Å². The molecule has 0 atom stereocenters. The van der Waals surface area contributed by atoms with E-state index in [2.05, 4.69) is 16.4 Å². The molecule has 0 fully saturated rings. The van der Waals surface area contributed by atoms with E-state index in [0.29, 0.717) is 0 Å². The zero-order valence-electron chi connectivity index (χ0n) is 9.15. The maximum atomic E-state index is 8.64. The molecule has 0 amide bonds. The average Bonchev–Trinajstić information content (AvgIpc) is 2.71. The van der Waals surface area contributed by atoms with Gasteiger partial charge < -0.3 is 10.4 Å². The predicted molar refractivity (Wildman–Crippen MR) is 67.6 cm³/mol. The monoisotopic (exact) mass is 236 g/mol. The highest BCUT2D eigenvalue weighted by atomic mass is 32.1. The van der Waals surface area contributed by atoms with Gasteiger partial charge in [-0.15, -0.1) is 11.3 Å². The van der Waals surface area contributed by atoms with Crippen molar-refractivity contribution in [3.63, 3.8) is 0 Å². The van der Waals surface area contributed by atoms with E-state index < -0.39 is 0 Å². The highest BCUT2D eigenvalue weighted by Crippen LogP contribution is 2.21. The predicted octanol–water partition coefficient (Wildman–Crippen LogP) is 2.16. The van der Waals surface area contributed by atoms with Gasteiger partial charge in [-0.25, -0.2) is 4.98 Å². The maximum absolute atomic E-state index is 8.64. The largest absolute Gasteiger partial charge is 0.396 e. The van der Waals surface area contributed by atoms with E-state index in [-0.39, 0.29) is 6.61 Å². The molecular weight excluding hydrogens is 220 g/mol. The summed E-state index contributed by atoms with van der Waals surface area (Å²) in [6.07, 6.45) is 1.88. The quantitative estimate of drug-likeness (QED) is 0.755. The highest BCUT2D eigenvalue weighted by molar-refractivity contribution is 7.18. The molecule has 3 nitrogen and oxygen atoms in total. The van der Waals surface area contributed by atoms with Gasteiger partial charge in [-0.2, -0.15) is 0 Å². The van der Waals surface area contributed by atoms with Crippen molar-refractivity contribution in [2.75, 3.05) is 13.2 Å². The number of para-hydroxylation sites is 1. The molecule has 1 aromatic carbocycles. The molecule has 0 aliphatic heterocycles. The number of unbranched alkanes of at least 4 members (excludes halogenated alkanes) is 1. The fourth-order valence-electron chi connectivity index (χ4n) is 1.55. The van der Waals surface area contributed by atoms with Gasteiger partial charge >= 0.3 is 0 Å². The molecule has 0 bridgehead atoms. The Hall–Kier alpha value is -0.970. The lowest BCUT2D eigenvalue weighted by molar-refractivity contribution is 0.283. The van der Waals surface area contributed by atoms with E-state index in [1.165, 1.54) is 4.70 Å². The van der Waals surface area contributed by atoms with Gasteiger partial charge in [-0.05, 0) is 31.5 Å². The maximum Gasteiger partial charge on any atom is 0.108 e. The van der Waals surface area contributed by atoms with Crippen molar-refractivity contribution < 1.29 is 5.11 Å². The Morgan fingerprint density at radius 1 is 1.25 bits per heavy atom. The Bertz CT molecular complexity index is 408. The Kier molecular flexibility index (Phi) is 4.27. The van der Waals surface area contributed by atoms with Gasteiger partial charge in [0, 0.05) is 13.2 Å². The van der Waals surface area contributed by atoms with Crippen molar-refractivity contribution in [3.05, 3.63) is 29.3 Å². The molecule has 4 heteroatoms. The molecule has 0 saturated carbocycles. The van der Waals surface area contributed by atoms with Crippen LogP contribution in [0.25, 0.3) is 10.2 Å². The van der Waals surface area contributed by atoms with E-state index in [9.17, 15) is 0 Å². The third-order valence-electron chi connectivity index (χ3n) is 2.38. The van der Waals surface area contributed by atoms with Gasteiger partial charge in [0.05, 0.1) is 10.2 Å². The summed E-state index contributed by atoms with van der Waals surface area (Å²) in [5.41, 5.74) is 1.08. The van der Waals surface area contributed by atoms with E-state index in [1.54, 1.807) is 11.3 Å². The zero-order chi connectivity index (χ0) is 11.2. The van der Waals surface area contributed by atoms with Crippen molar-refractivity contribution in [1.82, 2.24) is 10.3 Å². The summed E-state index contributed by atoms with van der Waals surface area (Å²) in [5.74, 6) is 0. The van der Waals surface area contributed by atoms with E-state index in [1.807, 2.05) is 18.2 Å². The molecule has 0 radical (unpaired) electrons. The van der Waals surface area contributed by atoms with Gasteiger partial charge in [0.15, 0.2) is 0 Å². The lowest BCUT2D eigenvalue weighted by Crippen LogP contribution is -2.14. The summed E-state index contributed by atoms with van der Waals surface area (Å²) < 4.78 is 1.25. The fourth-order valence-corrected chi connectivity index (χ4v) is 2.49. The Labute approximate surface area is 99.1 Å². The van der Waals surface area contributed by atoms with E-state index in [4.69, 9.17) is 5.11 Å². The van der Waals surface area contributed by atoms with Gasteiger partial charge in [0.2, 0.25) is 0 Å². The minimum atomic E-state index is 0.281. The number of nitrogens with zero attached hydrogens (tertiary/aromatic N) is 1. The van der Waals surface area contributed by atoms with Crippen molar-refractivity contribution >= 4 is 21.6 Å². The van der Waals surface area contributed by atoms with Crippen LogP contribution in [-0.4, -0.2) is 23.2 Å². The average molecular weight is 236 g/mol. The SMILES string of the molecule is OCCCCNCc1nc2ccccc2s1. The first kappa shape index (κ1) is 11.5. The molecule has 2 aromatic rings. The summed E-state index contributed by atoms with van der Waals surface area (Å²) >= 11 is 1.74. The Morgan fingerprint density at radius 3 is 2.94 bits per heavy atom. The first-order chi connectivity index (χ1) is 7.90. The molecule has 0 saturated heterocycles. The van der Waals surface area contributed by atoms with Gasteiger partial charge in [0.1, 0.15) is 5.01 Å². The Morgan fingerprint density at radius 2 is 2.12 bits per heavy atom. The van der Waals surface area contributed by atoms with Crippen LogP contribution in [0.5, 0.6) is 0 Å². The van der Waals surface area contributed by atoms with Crippen LogP contribution < -0.4 is 5.32 Å². The topological polar surface area (TPSA) is 45.1 Å². The number of hydrogen-bond acceptors (Lipinski definition) is 4. The van der Waals surface area contributed by atoms with Crippen LogP contribution in [0.2, 0.25) is 0 Å². The number of nitrogens with one attached hydrogen (secondary N) is 1. The molecule has 1 heterocycles. The summed E-state index contributed by atoms with van der Waals surface area (Å²) in [6, 6.07) is 8.20. The lowest BCUT2D eigenvalue weighted by atomic mass is 10.3. The third-order valence-corrected chi connectivity index (χ3v) is 3.41. The number of aromatic nitrogens is 1. The first-order valence-corrected chi connectivity index (χ1v) is 6.38. The van der Waals surface area contributed by atoms with E-state index in [0.717, 1.165) is 36.5 Å². The van der Waals surface area contributed by atoms with E-state index >= 15 is 0 Å². The fraction of sp³-hybridized carbons (Fsp3) is 0.417. The minimum absolute atomic E-state index is 0.281. The molecule has 1 aromatic heterocycles. The standard InChI is InChI=1S/C12H16N2OS/c15-8-4-3-7-13-9-12-14-10-5-1-2-6-11(10)16-12/h1-2,5-6,13,15H,3-4,7-9H2. The van der Waals surface area contributed by atoms with Crippen LogP contribution in [0.4, 0.5) is 0 Å². The molecule has 0 unspecified atom stereocenters. The molecular formula is C12H16N2OS. The number of aliphatic hydroxyl groups is 1. The zero-order valence-corrected chi connectivity index (χ0v) is 9.96. The normalized spacial score (nSPS) is 11.1. The molecule has 86 valence electrons. The second-order valence-corrected chi connectivity index (χ2v) is 4.80. The van der Waals surface area contributed by atoms with Crippen LogP contribution in [0.3, 0.4) is 0 Å². The minimum Gasteiger partial charge on any atom is -0.396 e. The smallest absolute Gasteiger partial charge is 0.108 e. The molecule has 2 rings (SSSR count). The summed E-state index contributed by atoms with van der Waals surface area (Å²) in [4.78, 5) is 4.54. The van der Waals surface area contributed by atoms with Crippen LogP contribution >= 0.6 is 11.3 Å². The van der Waals surface area contributed by atoms with Gasteiger partial charge in [-0.3, -0.25) is 0 Å². The molecule has 0 aliphatic rings. The number of aliphatic hydroxyl groups excluding tert-OH is 1.